The molecule has 0 saturated carbocycles. The van der Waals surface area contributed by atoms with Crippen molar-refractivity contribution in [2.45, 2.75) is 24.9 Å². The van der Waals surface area contributed by atoms with Gasteiger partial charge in [-0.3, -0.25) is 4.79 Å². The summed E-state index contributed by atoms with van der Waals surface area (Å²) in [5, 5.41) is 13.9. The van der Waals surface area contributed by atoms with Gasteiger partial charge in [-0.1, -0.05) is 18.2 Å². The average Bonchev–Trinajstić information content (AvgIpc) is 2.97. The molecule has 0 unspecified atom stereocenters. The van der Waals surface area contributed by atoms with E-state index < -0.39 is 5.60 Å². The Morgan fingerprint density at radius 3 is 2.77 bits per heavy atom. The summed E-state index contributed by atoms with van der Waals surface area (Å²) >= 11 is 0. The summed E-state index contributed by atoms with van der Waals surface area (Å²) in [6.45, 7) is 3.05. The third-order valence-electron chi connectivity index (χ3n) is 4.58. The van der Waals surface area contributed by atoms with Gasteiger partial charge in [0.05, 0.1) is 6.54 Å². The second kappa shape index (κ2) is 6.67. The number of carbonyl (C=O) groups is 1. The molecule has 2 fully saturated rings. The molecule has 0 aromatic heterocycles. The topological polar surface area (TPSA) is 61.8 Å². The van der Waals surface area contributed by atoms with Crippen molar-refractivity contribution in [2.24, 2.45) is 5.92 Å². The van der Waals surface area contributed by atoms with Crippen molar-refractivity contribution < 1.29 is 14.6 Å². The maximum Gasteiger partial charge on any atom is 0.225 e. The van der Waals surface area contributed by atoms with Crippen molar-refractivity contribution in [3.8, 4) is 5.75 Å². The summed E-state index contributed by atoms with van der Waals surface area (Å²) in [5.74, 6) is 1.05. The van der Waals surface area contributed by atoms with Gasteiger partial charge in [-0.15, -0.1) is 0 Å². The first kappa shape index (κ1) is 15.3. The molecule has 0 aliphatic carbocycles. The Kier molecular flexibility index (Phi) is 4.64. The lowest BCUT2D eigenvalue weighted by Crippen LogP contribution is -2.44. The number of aliphatic hydroxyl groups is 1. The van der Waals surface area contributed by atoms with E-state index in [9.17, 15) is 9.90 Å². The highest BCUT2D eigenvalue weighted by atomic mass is 16.5. The van der Waals surface area contributed by atoms with Crippen LogP contribution in [-0.4, -0.2) is 54.3 Å². The van der Waals surface area contributed by atoms with E-state index in [2.05, 4.69) is 5.32 Å². The standard InChI is InChI=1S/C17H24N2O3/c20-16(14-6-9-18-10-7-14)19-11-8-17(21,12-19)13-22-15-4-2-1-3-5-15/h1-5,14,18,21H,6-13H2/t17-/m0/s1. The quantitative estimate of drug-likeness (QED) is 0.872. The number of ether oxygens (including phenoxy) is 1. The number of rotatable bonds is 4. The lowest BCUT2D eigenvalue weighted by Gasteiger charge is -2.28. The lowest BCUT2D eigenvalue weighted by atomic mass is 9.96. The van der Waals surface area contributed by atoms with Gasteiger partial charge in [-0.05, 0) is 44.5 Å². The predicted molar refractivity (Wildman–Crippen MR) is 83.7 cm³/mol. The average molecular weight is 304 g/mol. The van der Waals surface area contributed by atoms with Crippen molar-refractivity contribution in [1.82, 2.24) is 10.2 Å². The Hall–Kier alpha value is -1.59. The lowest BCUT2D eigenvalue weighted by molar-refractivity contribution is -0.136. The zero-order valence-electron chi connectivity index (χ0n) is 12.8. The Morgan fingerprint density at radius 1 is 1.32 bits per heavy atom. The van der Waals surface area contributed by atoms with Gasteiger partial charge in [-0.25, -0.2) is 0 Å². The molecule has 0 spiro atoms. The molecule has 2 saturated heterocycles. The van der Waals surface area contributed by atoms with E-state index in [1.54, 1.807) is 0 Å². The van der Waals surface area contributed by atoms with Crippen LogP contribution in [0.25, 0.3) is 0 Å². The third-order valence-corrected chi connectivity index (χ3v) is 4.58. The highest BCUT2D eigenvalue weighted by Crippen LogP contribution is 2.26. The summed E-state index contributed by atoms with van der Waals surface area (Å²) in [5.41, 5.74) is -0.932. The van der Waals surface area contributed by atoms with Crippen LogP contribution in [0, 0.1) is 5.92 Å². The number of β-amino-alcohol motifs (C(OH)–C–C–N with tert-alkyl or cyclic N) is 1. The predicted octanol–water partition coefficient (Wildman–Crippen LogP) is 1.03. The van der Waals surface area contributed by atoms with Crippen LogP contribution in [0.5, 0.6) is 5.75 Å². The van der Waals surface area contributed by atoms with Crippen molar-refractivity contribution >= 4 is 5.91 Å². The van der Waals surface area contributed by atoms with E-state index in [-0.39, 0.29) is 18.4 Å². The van der Waals surface area contributed by atoms with Gasteiger partial charge < -0.3 is 20.1 Å². The number of amides is 1. The highest BCUT2D eigenvalue weighted by molar-refractivity contribution is 5.79. The second-order valence-corrected chi connectivity index (χ2v) is 6.36. The first-order valence-electron chi connectivity index (χ1n) is 8.06. The number of nitrogens with one attached hydrogen (secondary N) is 1. The van der Waals surface area contributed by atoms with Crippen molar-refractivity contribution in [3.05, 3.63) is 30.3 Å². The normalized spacial score (nSPS) is 26.1. The summed E-state index contributed by atoms with van der Waals surface area (Å²) in [7, 11) is 0. The number of benzene rings is 1. The van der Waals surface area contributed by atoms with Crippen LogP contribution in [0.2, 0.25) is 0 Å². The van der Waals surface area contributed by atoms with Gasteiger partial charge in [0.25, 0.3) is 0 Å². The maximum atomic E-state index is 12.5. The minimum absolute atomic E-state index is 0.110. The Labute approximate surface area is 131 Å². The number of hydrogen-bond acceptors (Lipinski definition) is 4. The van der Waals surface area contributed by atoms with E-state index >= 15 is 0 Å². The minimum Gasteiger partial charge on any atom is -0.491 e. The van der Waals surface area contributed by atoms with Gasteiger partial charge in [-0.2, -0.15) is 0 Å². The number of hydrogen-bond donors (Lipinski definition) is 2. The van der Waals surface area contributed by atoms with Crippen LogP contribution < -0.4 is 10.1 Å². The van der Waals surface area contributed by atoms with Crippen LogP contribution in [0.3, 0.4) is 0 Å². The van der Waals surface area contributed by atoms with E-state index in [0.29, 0.717) is 19.5 Å². The van der Waals surface area contributed by atoms with E-state index in [4.69, 9.17) is 4.74 Å². The van der Waals surface area contributed by atoms with Gasteiger partial charge in [0.15, 0.2) is 0 Å². The summed E-state index contributed by atoms with van der Waals surface area (Å²) in [4.78, 5) is 14.3. The zero-order chi connectivity index (χ0) is 15.4. The van der Waals surface area contributed by atoms with Gasteiger partial charge in [0.1, 0.15) is 18.0 Å². The molecule has 0 bridgehead atoms. The molecule has 2 aliphatic rings. The Morgan fingerprint density at radius 2 is 2.05 bits per heavy atom. The van der Waals surface area contributed by atoms with Crippen LogP contribution in [0.4, 0.5) is 0 Å². The fraction of sp³-hybridized carbons (Fsp3) is 0.588. The zero-order valence-corrected chi connectivity index (χ0v) is 12.8. The summed E-state index contributed by atoms with van der Waals surface area (Å²) in [6, 6.07) is 9.48. The molecule has 5 heteroatoms. The number of para-hydroxylation sites is 1. The smallest absolute Gasteiger partial charge is 0.225 e. The van der Waals surface area contributed by atoms with E-state index in [1.165, 1.54) is 0 Å². The number of nitrogens with zero attached hydrogens (tertiary/aromatic N) is 1. The molecule has 3 rings (SSSR count). The maximum absolute atomic E-state index is 12.5. The monoisotopic (exact) mass is 304 g/mol. The Balaban J connectivity index is 1.53. The third kappa shape index (κ3) is 3.59. The largest absolute Gasteiger partial charge is 0.491 e. The van der Waals surface area contributed by atoms with Gasteiger partial charge in [0, 0.05) is 12.5 Å². The first-order chi connectivity index (χ1) is 10.7. The molecular weight excluding hydrogens is 280 g/mol. The molecule has 0 radical (unpaired) electrons. The molecule has 22 heavy (non-hydrogen) atoms. The molecule has 1 atom stereocenters. The second-order valence-electron chi connectivity index (χ2n) is 6.36. The molecule has 2 aliphatic heterocycles. The summed E-state index contributed by atoms with van der Waals surface area (Å²) < 4.78 is 5.67. The molecule has 1 aromatic rings. The van der Waals surface area contributed by atoms with Crippen molar-refractivity contribution in [1.29, 1.82) is 0 Å². The molecule has 2 heterocycles. The van der Waals surface area contributed by atoms with E-state index in [0.717, 1.165) is 31.7 Å². The molecular formula is C17H24N2O3. The minimum atomic E-state index is -0.932. The fourth-order valence-electron chi connectivity index (χ4n) is 3.22. The molecule has 5 nitrogen and oxygen atoms in total. The van der Waals surface area contributed by atoms with Crippen LogP contribution in [-0.2, 0) is 4.79 Å². The number of carbonyl (C=O) groups excluding carboxylic acids is 1. The number of likely N-dealkylation sites (tertiary alicyclic amines) is 1. The molecule has 2 N–H and O–H groups in total. The molecule has 1 aromatic carbocycles. The number of piperidine rings is 1. The van der Waals surface area contributed by atoms with Crippen molar-refractivity contribution in [2.75, 3.05) is 32.8 Å². The van der Waals surface area contributed by atoms with Gasteiger partial charge >= 0.3 is 0 Å². The summed E-state index contributed by atoms with van der Waals surface area (Å²) in [6.07, 6.45) is 2.37. The van der Waals surface area contributed by atoms with Crippen LogP contribution in [0.15, 0.2) is 30.3 Å². The van der Waals surface area contributed by atoms with Crippen molar-refractivity contribution in [3.63, 3.8) is 0 Å². The molecule has 1 amide bonds. The highest BCUT2D eigenvalue weighted by Gasteiger charge is 2.40. The fourth-order valence-corrected chi connectivity index (χ4v) is 3.22. The Bertz CT molecular complexity index is 502. The van der Waals surface area contributed by atoms with Gasteiger partial charge in [0.2, 0.25) is 5.91 Å². The SMILES string of the molecule is O=C(C1CCNCC1)N1CC[C@@](O)(COc2ccccc2)C1. The molecule has 120 valence electrons. The van der Waals surface area contributed by atoms with E-state index in [1.807, 2.05) is 35.2 Å². The van der Waals surface area contributed by atoms with Crippen LogP contribution in [0.1, 0.15) is 19.3 Å². The van der Waals surface area contributed by atoms with Crippen LogP contribution >= 0.6 is 0 Å². The first-order valence-corrected chi connectivity index (χ1v) is 8.06.